The smallest absolute Gasteiger partial charge is 0.234 e. The molecule has 0 aromatic carbocycles. The summed E-state index contributed by atoms with van der Waals surface area (Å²) in [5, 5.41) is 0. The summed E-state index contributed by atoms with van der Waals surface area (Å²) in [4.78, 5) is 0. The number of rotatable bonds is 13. The molecule has 0 saturated carbocycles. The normalized spacial score (nSPS) is 11.5. The largest absolute Gasteiger partial charge is 0.256 e. The molecule has 0 spiro atoms. The molecule has 0 aliphatic rings. The Labute approximate surface area is 138 Å². The average Bonchev–Trinajstić information content (AvgIpc) is 2.91. The SMILES string of the molecule is CCCCCCCCCCc1n(C(C)C)cc[n+]1CCCC. The highest BCUT2D eigenvalue weighted by Gasteiger charge is 2.18. The fourth-order valence-electron chi connectivity index (χ4n) is 3.16. The van der Waals surface area contributed by atoms with Crippen LogP contribution in [0.5, 0.6) is 0 Å². The third-order valence-electron chi connectivity index (χ3n) is 4.60. The van der Waals surface area contributed by atoms with Gasteiger partial charge >= 0.3 is 0 Å². The first kappa shape index (κ1) is 19.3. The molecule has 2 nitrogen and oxygen atoms in total. The highest BCUT2D eigenvalue weighted by Crippen LogP contribution is 2.13. The van der Waals surface area contributed by atoms with Gasteiger partial charge in [0, 0.05) is 6.42 Å². The zero-order chi connectivity index (χ0) is 16.2. The van der Waals surface area contributed by atoms with E-state index in [9.17, 15) is 0 Å². The summed E-state index contributed by atoms with van der Waals surface area (Å²) in [6.45, 7) is 10.3. The van der Waals surface area contributed by atoms with Crippen molar-refractivity contribution in [1.29, 1.82) is 0 Å². The van der Waals surface area contributed by atoms with E-state index in [-0.39, 0.29) is 0 Å². The lowest BCUT2D eigenvalue weighted by Crippen LogP contribution is -2.37. The third kappa shape index (κ3) is 6.98. The van der Waals surface area contributed by atoms with Crippen LogP contribution in [0.15, 0.2) is 12.4 Å². The summed E-state index contributed by atoms with van der Waals surface area (Å²) in [5.74, 6) is 1.54. The van der Waals surface area contributed by atoms with Crippen molar-refractivity contribution in [2.75, 3.05) is 0 Å². The molecule has 0 saturated heterocycles. The molecule has 0 aliphatic carbocycles. The van der Waals surface area contributed by atoms with Gasteiger partial charge in [0.05, 0.1) is 12.6 Å². The van der Waals surface area contributed by atoms with Gasteiger partial charge in [-0.25, -0.2) is 9.13 Å². The second-order valence-electron chi connectivity index (χ2n) is 6.99. The third-order valence-corrected chi connectivity index (χ3v) is 4.60. The molecule has 0 atom stereocenters. The van der Waals surface area contributed by atoms with Crippen molar-refractivity contribution in [3.8, 4) is 0 Å². The Hall–Kier alpha value is -0.790. The molecule has 0 aliphatic heterocycles. The zero-order valence-corrected chi connectivity index (χ0v) is 15.6. The second-order valence-corrected chi connectivity index (χ2v) is 6.99. The van der Waals surface area contributed by atoms with Gasteiger partial charge in [0.15, 0.2) is 0 Å². The minimum atomic E-state index is 0.576. The van der Waals surface area contributed by atoms with Crippen molar-refractivity contribution in [3.63, 3.8) is 0 Å². The Kier molecular flexibility index (Phi) is 10.3. The van der Waals surface area contributed by atoms with Crippen LogP contribution in [0.25, 0.3) is 0 Å². The molecular formula is C20H39N2+. The molecule has 0 N–H and O–H groups in total. The van der Waals surface area contributed by atoms with E-state index in [1.54, 1.807) is 0 Å². The Balaban J connectivity index is 2.34. The van der Waals surface area contributed by atoms with E-state index >= 15 is 0 Å². The molecule has 128 valence electrons. The molecule has 2 heteroatoms. The van der Waals surface area contributed by atoms with Gasteiger partial charge in [0.1, 0.15) is 12.4 Å². The summed E-state index contributed by atoms with van der Waals surface area (Å²) in [5.41, 5.74) is 0. The van der Waals surface area contributed by atoms with E-state index in [4.69, 9.17) is 0 Å². The van der Waals surface area contributed by atoms with Gasteiger partial charge in [-0.1, -0.05) is 65.2 Å². The summed E-state index contributed by atoms with van der Waals surface area (Å²) < 4.78 is 4.96. The monoisotopic (exact) mass is 307 g/mol. The molecule has 1 aromatic rings. The molecule has 0 fully saturated rings. The maximum absolute atomic E-state index is 2.49. The molecule has 1 heterocycles. The van der Waals surface area contributed by atoms with Crippen molar-refractivity contribution in [2.24, 2.45) is 0 Å². The number of hydrogen-bond donors (Lipinski definition) is 0. The maximum Gasteiger partial charge on any atom is 0.256 e. The van der Waals surface area contributed by atoms with E-state index < -0.39 is 0 Å². The van der Waals surface area contributed by atoms with Gasteiger partial charge in [-0.05, 0) is 26.7 Å². The van der Waals surface area contributed by atoms with E-state index in [1.165, 1.54) is 83.0 Å². The minimum Gasteiger partial charge on any atom is -0.234 e. The molecule has 0 bridgehead atoms. The molecule has 22 heavy (non-hydrogen) atoms. The van der Waals surface area contributed by atoms with Gasteiger partial charge < -0.3 is 0 Å². The first-order valence-electron chi connectivity index (χ1n) is 9.79. The standard InChI is InChI=1S/C20H39N2/c1-5-7-9-10-11-12-13-14-15-20-21(16-8-6-2)17-18-22(20)19(3)4/h17-19H,5-16H2,1-4H3/q+1. The number of aryl methyl sites for hydroxylation is 1. The highest BCUT2D eigenvalue weighted by atomic mass is 15.2. The highest BCUT2D eigenvalue weighted by molar-refractivity contribution is 4.86. The van der Waals surface area contributed by atoms with Crippen molar-refractivity contribution < 1.29 is 4.57 Å². The quantitative estimate of drug-likeness (QED) is 0.320. The van der Waals surface area contributed by atoms with Crippen molar-refractivity contribution in [2.45, 2.75) is 111 Å². The summed E-state index contributed by atoms with van der Waals surface area (Å²) in [6, 6.07) is 0.576. The van der Waals surface area contributed by atoms with E-state index in [2.05, 4.69) is 49.2 Å². The summed E-state index contributed by atoms with van der Waals surface area (Å²) in [7, 11) is 0. The van der Waals surface area contributed by atoms with Crippen LogP contribution in [0.4, 0.5) is 0 Å². The van der Waals surface area contributed by atoms with Gasteiger partial charge in [-0.2, -0.15) is 0 Å². The Morgan fingerprint density at radius 1 is 0.864 bits per heavy atom. The lowest BCUT2D eigenvalue weighted by atomic mass is 10.1. The summed E-state index contributed by atoms with van der Waals surface area (Å²) >= 11 is 0. The van der Waals surface area contributed by atoms with Gasteiger partial charge in [0.25, 0.3) is 5.82 Å². The predicted octanol–water partition coefficient (Wildman–Crippen LogP) is 5.84. The van der Waals surface area contributed by atoms with Gasteiger partial charge in [-0.3, -0.25) is 0 Å². The van der Waals surface area contributed by atoms with Crippen LogP contribution >= 0.6 is 0 Å². The zero-order valence-electron chi connectivity index (χ0n) is 15.6. The molecular weight excluding hydrogens is 268 g/mol. The number of unbranched alkanes of at least 4 members (excludes halogenated alkanes) is 8. The van der Waals surface area contributed by atoms with E-state index in [0.717, 1.165) is 0 Å². The Morgan fingerprint density at radius 3 is 2.05 bits per heavy atom. The van der Waals surface area contributed by atoms with Gasteiger partial charge in [0.2, 0.25) is 0 Å². The van der Waals surface area contributed by atoms with Crippen LogP contribution in [0.2, 0.25) is 0 Å². The lowest BCUT2D eigenvalue weighted by molar-refractivity contribution is -0.704. The molecule has 0 amide bonds. The van der Waals surface area contributed by atoms with Crippen LogP contribution < -0.4 is 4.57 Å². The van der Waals surface area contributed by atoms with Crippen molar-refractivity contribution >= 4 is 0 Å². The van der Waals surface area contributed by atoms with Crippen molar-refractivity contribution in [1.82, 2.24) is 4.57 Å². The topological polar surface area (TPSA) is 8.81 Å². The maximum atomic E-state index is 2.49. The van der Waals surface area contributed by atoms with E-state index in [1.807, 2.05) is 0 Å². The predicted molar refractivity (Wildman–Crippen MR) is 96.2 cm³/mol. The second kappa shape index (κ2) is 11.7. The Bertz CT molecular complexity index is 379. The molecule has 1 aromatic heterocycles. The average molecular weight is 308 g/mol. The van der Waals surface area contributed by atoms with Gasteiger partial charge in [-0.15, -0.1) is 0 Å². The van der Waals surface area contributed by atoms with Crippen LogP contribution in [0.1, 0.15) is 104 Å². The summed E-state index contributed by atoms with van der Waals surface area (Å²) in [6.07, 6.45) is 19.6. The van der Waals surface area contributed by atoms with Crippen LogP contribution in [0.3, 0.4) is 0 Å². The fraction of sp³-hybridized carbons (Fsp3) is 0.850. The Morgan fingerprint density at radius 2 is 1.45 bits per heavy atom. The number of imidazole rings is 1. The van der Waals surface area contributed by atoms with Crippen LogP contribution in [-0.4, -0.2) is 4.57 Å². The molecule has 1 rings (SSSR count). The van der Waals surface area contributed by atoms with E-state index in [0.29, 0.717) is 6.04 Å². The lowest BCUT2D eigenvalue weighted by Gasteiger charge is -2.08. The van der Waals surface area contributed by atoms with Crippen molar-refractivity contribution in [3.05, 3.63) is 18.2 Å². The number of aromatic nitrogens is 2. The fourth-order valence-corrected chi connectivity index (χ4v) is 3.16. The molecule has 0 radical (unpaired) electrons. The van der Waals surface area contributed by atoms with Crippen LogP contribution in [0, 0.1) is 0 Å². The van der Waals surface area contributed by atoms with Crippen LogP contribution in [-0.2, 0) is 13.0 Å². The minimum absolute atomic E-state index is 0.576. The first-order chi connectivity index (χ1) is 10.7. The first-order valence-corrected chi connectivity index (χ1v) is 9.79. The number of nitrogens with zero attached hydrogens (tertiary/aromatic N) is 2. The number of hydrogen-bond acceptors (Lipinski definition) is 0. The molecule has 0 unspecified atom stereocenters.